The number of urea groups is 2. The monoisotopic (exact) mass is 561 g/mol. The molecule has 0 spiro atoms. The van der Waals surface area contributed by atoms with E-state index >= 15 is 0 Å². The van der Waals surface area contributed by atoms with Gasteiger partial charge in [0.15, 0.2) is 0 Å². The average Bonchev–Trinajstić information content (AvgIpc) is 3.31. The van der Waals surface area contributed by atoms with Gasteiger partial charge in [0.25, 0.3) is 0 Å². The number of hydrogen-bond donors (Lipinski definition) is 2. The summed E-state index contributed by atoms with van der Waals surface area (Å²) in [4.78, 5) is 64.8. The van der Waals surface area contributed by atoms with Crippen LogP contribution in [0.15, 0.2) is 30.3 Å². The minimum Gasteiger partial charge on any atom is -0.548 e. The summed E-state index contributed by atoms with van der Waals surface area (Å²) < 4.78 is 23.2. The topological polar surface area (TPSA) is 176 Å². The van der Waals surface area contributed by atoms with E-state index in [1.807, 2.05) is 0 Å². The first kappa shape index (κ1) is 29.2. The SMILES string of the molecule is CC1(C)S[C@@H]2[C@H](NC(=O)[C@H](NC(=O)N3CCN(S(C)(=O)=O)C3=O)c3ccccc3)C(=O)N2[C@H]1C(=O)[O-].[Na+]. The first-order valence-electron chi connectivity index (χ1n) is 10.9. The molecule has 3 saturated heterocycles. The zero-order chi connectivity index (χ0) is 26.6. The maximum absolute atomic E-state index is 13.3. The number of carboxylic acids is 1. The van der Waals surface area contributed by atoms with Gasteiger partial charge in [0, 0.05) is 4.75 Å². The molecule has 0 bridgehead atoms. The number of imide groups is 1. The Morgan fingerprint density at radius 2 is 1.76 bits per heavy atom. The second-order valence-corrected chi connectivity index (χ2v) is 12.8. The van der Waals surface area contributed by atoms with Gasteiger partial charge in [-0.3, -0.25) is 9.59 Å². The van der Waals surface area contributed by atoms with E-state index in [1.165, 1.54) is 16.7 Å². The molecule has 2 N–H and O–H groups in total. The second kappa shape index (κ2) is 10.4. The zero-order valence-corrected chi connectivity index (χ0v) is 24.2. The normalized spacial score (nSPS) is 25.1. The van der Waals surface area contributed by atoms with Crippen LogP contribution in [0, 0.1) is 0 Å². The molecule has 3 heterocycles. The molecular formula is C21H24N5NaO8S2. The van der Waals surface area contributed by atoms with E-state index in [4.69, 9.17) is 0 Å². The molecular weight excluding hydrogens is 537 g/mol. The molecule has 0 radical (unpaired) electrons. The predicted molar refractivity (Wildman–Crippen MR) is 124 cm³/mol. The number of β-lactam (4-membered cyclic amide) rings is 1. The number of nitrogens with zero attached hydrogens (tertiary/aromatic N) is 3. The number of aliphatic carboxylic acids is 1. The molecule has 4 rings (SSSR count). The van der Waals surface area contributed by atoms with Gasteiger partial charge in [-0.05, 0) is 19.4 Å². The van der Waals surface area contributed by atoms with Crippen molar-refractivity contribution in [1.82, 2.24) is 24.7 Å². The number of carbonyl (C=O) groups excluding carboxylic acids is 5. The third kappa shape index (κ3) is 5.32. The Kier molecular flexibility index (Phi) is 8.25. The summed E-state index contributed by atoms with van der Waals surface area (Å²) in [6.07, 6.45) is 0.846. The Labute approximate surface area is 239 Å². The van der Waals surface area contributed by atoms with Gasteiger partial charge in [0.2, 0.25) is 21.8 Å². The van der Waals surface area contributed by atoms with Gasteiger partial charge in [-0.1, -0.05) is 30.3 Å². The molecule has 3 aliphatic rings. The number of nitrogens with one attached hydrogen (secondary N) is 2. The number of thioether (sulfide) groups is 1. The van der Waals surface area contributed by atoms with Crippen LogP contribution in [-0.2, 0) is 24.4 Å². The number of carboxylic acid groups (broad SMARTS) is 1. The van der Waals surface area contributed by atoms with Crippen LogP contribution in [0.3, 0.4) is 0 Å². The number of carbonyl (C=O) groups is 5. The van der Waals surface area contributed by atoms with Crippen LogP contribution in [0.5, 0.6) is 0 Å². The van der Waals surface area contributed by atoms with Crippen LogP contribution >= 0.6 is 11.8 Å². The van der Waals surface area contributed by atoms with E-state index in [1.54, 1.807) is 44.2 Å². The van der Waals surface area contributed by atoms with Gasteiger partial charge in [0.05, 0.1) is 31.4 Å². The van der Waals surface area contributed by atoms with Gasteiger partial charge in [-0.2, -0.15) is 0 Å². The summed E-state index contributed by atoms with van der Waals surface area (Å²) in [6.45, 7) is 2.92. The standard InChI is InChI=1S/C21H25N5O8S2.Na/c1-21(2)14(18(29)30)26-16(28)13(17(26)35-21)22-15(27)12(11-7-5-4-6-8-11)23-19(31)24-9-10-25(20(24)32)36(3,33)34;/h4-8,12-14,17H,9-10H2,1-3H3,(H,22,27)(H,23,31)(H,29,30);/q;+1/p-1/t12-,13-,14+,17-;/m1./s1. The maximum atomic E-state index is 13.3. The largest absolute Gasteiger partial charge is 1.00 e. The van der Waals surface area contributed by atoms with E-state index in [2.05, 4.69) is 10.6 Å². The summed E-state index contributed by atoms with van der Waals surface area (Å²) in [5.74, 6) is -2.73. The van der Waals surface area contributed by atoms with Gasteiger partial charge in [-0.15, -0.1) is 11.8 Å². The van der Waals surface area contributed by atoms with Crippen molar-refractivity contribution in [3.8, 4) is 0 Å². The fourth-order valence-corrected chi connectivity index (χ4v) is 6.94. The van der Waals surface area contributed by atoms with Gasteiger partial charge < -0.3 is 25.4 Å². The van der Waals surface area contributed by atoms with Crippen LogP contribution in [0.25, 0.3) is 0 Å². The molecule has 1 aromatic carbocycles. The summed E-state index contributed by atoms with van der Waals surface area (Å²) in [5, 5.41) is 16.0. The molecule has 13 nitrogen and oxygen atoms in total. The third-order valence-electron chi connectivity index (χ3n) is 6.24. The third-order valence-corrected chi connectivity index (χ3v) is 8.95. The van der Waals surface area contributed by atoms with Gasteiger partial charge in [0.1, 0.15) is 17.5 Å². The molecule has 16 heteroatoms. The van der Waals surface area contributed by atoms with Gasteiger partial charge >= 0.3 is 41.6 Å². The van der Waals surface area contributed by atoms with E-state index in [9.17, 15) is 37.5 Å². The zero-order valence-electron chi connectivity index (χ0n) is 20.5. The van der Waals surface area contributed by atoms with Crippen molar-refractivity contribution in [3.05, 3.63) is 35.9 Å². The molecule has 3 fully saturated rings. The predicted octanol–water partition coefficient (Wildman–Crippen LogP) is -4.56. The Hall–Kier alpha value is -2.33. The second-order valence-electron chi connectivity index (χ2n) is 9.13. The van der Waals surface area contributed by atoms with Crippen LogP contribution in [0.4, 0.5) is 9.59 Å². The fraction of sp³-hybridized carbons (Fsp3) is 0.476. The van der Waals surface area contributed by atoms with Gasteiger partial charge in [-0.25, -0.2) is 27.2 Å². The Morgan fingerprint density at radius 1 is 1.14 bits per heavy atom. The average molecular weight is 562 g/mol. The fourth-order valence-electron chi connectivity index (χ4n) is 4.52. The summed E-state index contributed by atoms with van der Waals surface area (Å²) in [7, 11) is -3.87. The first-order valence-corrected chi connectivity index (χ1v) is 13.6. The molecule has 194 valence electrons. The molecule has 0 aromatic heterocycles. The molecule has 1 aromatic rings. The van der Waals surface area contributed by atoms with Crippen molar-refractivity contribution in [2.75, 3.05) is 19.3 Å². The minimum atomic E-state index is -3.87. The van der Waals surface area contributed by atoms with E-state index in [0.29, 0.717) is 14.8 Å². The van der Waals surface area contributed by atoms with Crippen LogP contribution in [-0.4, -0.2) is 93.9 Å². The quantitative estimate of drug-likeness (QED) is 0.256. The summed E-state index contributed by atoms with van der Waals surface area (Å²) >= 11 is 1.22. The molecule has 37 heavy (non-hydrogen) atoms. The number of amides is 6. The van der Waals surface area contributed by atoms with Crippen LogP contribution in [0.2, 0.25) is 0 Å². The number of hydrogen-bond acceptors (Lipinski definition) is 9. The Balaban J connectivity index is 0.00000380. The van der Waals surface area contributed by atoms with Crippen molar-refractivity contribution < 1.29 is 67.1 Å². The van der Waals surface area contributed by atoms with Crippen molar-refractivity contribution in [3.63, 3.8) is 0 Å². The number of fused-ring (bicyclic) bond motifs is 1. The molecule has 3 aliphatic heterocycles. The van der Waals surface area contributed by atoms with Crippen LogP contribution < -0.4 is 45.3 Å². The van der Waals surface area contributed by atoms with Crippen molar-refractivity contribution in [1.29, 1.82) is 0 Å². The molecule has 0 saturated carbocycles. The Bertz CT molecular complexity index is 1240. The molecule has 0 aliphatic carbocycles. The van der Waals surface area contributed by atoms with Crippen LogP contribution in [0.1, 0.15) is 25.5 Å². The van der Waals surface area contributed by atoms with E-state index < -0.39 is 68.1 Å². The minimum absolute atomic E-state index is 0. The number of sulfonamides is 1. The van der Waals surface area contributed by atoms with E-state index in [0.717, 1.165) is 6.26 Å². The van der Waals surface area contributed by atoms with Crippen molar-refractivity contribution in [2.45, 2.75) is 42.1 Å². The number of rotatable bonds is 6. The smallest absolute Gasteiger partial charge is 0.548 e. The Morgan fingerprint density at radius 3 is 2.30 bits per heavy atom. The summed E-state index contributed by atoms with van der Waals surface area (Å²) in [5.41, 5.74) is 0.352. The van der Waals surface area contributed by atoms with Crippen molar-refractivity contribution in [2.24, 2.45) is 0 Å². The number of benzene rings is 1. The molecule has 0 unspecified atom stereocenters. The molecule has 4 atom stereocenters. The molecule has 6 amide bonds. The van der Waals surface area contributed by atoms with E-state index in [-0.39, 0.29) is 42.6 Å². The maximum Gasteiger partial charge on any atom is 1.00 e. The van der Waals surface area contributed by atoms with Crippen molar-refractivity contribution >= 4 is 51.6 Å². The first-order chi connectivity index (χ1) is 16.7. The summed E-state index contributed by atoms with van der Waals surface area (Å²) in [6, 6.07) is 2.56.